The number of rotatable bonds is 5. The van der Waals surface area contributed by atoms with Crippen molar-refractivity contribution in [2.75, 3.05) is 12.4 Å². The van der Waals surface area contributed by atoms with Gasteiger partial charge in [-0.2, -0.15) is 19.7 Å². The molecule has 2 aromatic carbocycles. The summed E-state index contributed by atoms with van der Waals surface area (Å²) >= 11 is 0. The van der Waals surface area contributed by atoms with Crippen LogP contribution in [0.4, 0.5) is 21.7 Å². The number of hydrogen-bond acceptors (Lipinski definition) is 8. The lowest BCUT2D eigenvalue weighted by Crippen LogP contribution is -2.08. The number of methoxy groups -OCH3 is 1. The maximum Gasteiger partial charge on any atom is 0.307 e. The minimum absolute atomic E-state index is 0.0189. The van der Waals surface area contributed by atoms with Gasteiger partial charge >= 0.3 is 5.69 Å². The summed E-state index contributed by atoms with van der Waals surface area (Å²) in [5.74, 6) is -0.768. The van der Waals surface area contributed by atoms with Gasteiger partial charge in [-0.05, 0) is 13.0 Å². The Morgan fingerprint density at radius 3 is 2.81 bits per heavy atom. The van der Waals surface area contributed by atoms with Crippen molar-refractivity contribution in [2.45, 2.75) is 6.92 Å². The van der Waals surface area contributed by atoms with Crippen LogP contribution in [0.5, 0.6) is 5.75 Å². The number of nitrogens with one attached hydrogen (secondary N) is 1. The van der Waals surface area contributed by atoms with Crippen LogP contribution in [-0.2, 0) is 0 Å². The molecule has 0 saturated carbocycles. The number of benzene rings is 2. The van der Waals surface area contributed by atoms with E-state index >= 15 is 0 Å². The van der Waals surface area contributed by atoms with Crippen molar-refractivity contribution in [2.24, 2.45) is 0 Å². The maximum absolute atomic E-state index is 13.9. The van der Waals surface area contributed by atoms with Gasteiger partial charge in [0.05, 0.1) is 35.1 Å². The van der Waals surface area contributed by atoms with E-state index < -0.39 is 16.4 Å². The summed E-state index contributed by atoms with van der Waals surface area (Å²) in [7, 11) is 1.30. The fourth-order valence-corrected chi connectivity index (χ4v) is 3.13. The number of nitriles is 1. The molecule has 4 rings (SSSR count). The first-order chi connectivity index (χ1) is 14.9. The number of fused-ring (bicyclic) bond motifs is 1. The molecule has 0 aliphatic heterocycles. The summed E-state index contributed by atoms with van der Waals surface area (Å²) in [4.78, 5) is 18.7. The van der Waals surface area contributed by atoms with Crippen LogP contribution in [0.25, 0.3) is 16.7 Å². The number of halogens is 1. The van der Waals surface area contributed by atoms with Gasteiger partial charge in [0.15, 0.2) is 5.82 Å². The van der Waals surface area contributed by atoms with Gasteiger partial charge in [0, 0.05) is 17.5 Å². The van der Waals surface area contributed by atoms with Crippen LogP contribution in [0.1, 0.15) is 11.3 Å². The molecule has 0 fully saturated rings. The van der Waals surface area contributed by atoms with Crippen LogP contribution in [0.15, 0.2) is 42.6 Å². The predicted molar refractivity (Wildman–Crippen MR) is 109 cm³/mol. The van der Waals surface area contributed by atoms with Crippen LogP contribution in [0, 0.1) is 34.2 Å². The second kappa shape index (κ2) is 7.68. The molecular formula is C20H14FN7O3. The monoisotopic (exact) mass is 419 g/mol. The molecule has 0 unspecified atom stereocenters. The molecule has 31 heavy (non-hydrogen) atoms. The summed E-state index contributed by atoms with van der Waals surface area (Å²) < 4.78 is 20.5. The summed E-state index contributed by atoms with van der Waals surface area (Å²) in [6.45, 7) is 1.84. The van der Waals surface area contributed by atoms with Gasteiger partial charge in [-0.3, -0.25) is 10.1 Å². The van der Waals surface area contributed by atoms with Crippen molar-refractivity contribution in [3.8, 4) is 17.6 Å². The lowest BCUT2D eigenvalue weighted by molar-refractivity contribution is -0.387. The molecule has 1 N–H and O–H groups in total. The maximum atomic E-state index is 13.9. The lowest BCUT2D eigenvalue weighted by atomic mass is 10.2. The topological polar surface area (TPSA) is 132 Å². The molecule has 0 amide bonds. The Balaban J connectivity index is 1.83. The number of nitro groups is 1. The van der Waals surface area contributed by atoms with Gasteiger partial charge in [-0.15, -0.1) is 0 Å². The Morgan fingerprint density at radius 2 is 2.10 bits per heavy atom. The van der Waals surface area contributed by atoms with Gasteiger partial charge in [0.1, 0.15) is 17.4 Å². The van der Waals surface area contributed by atoms with Crippen LogP contribution < -0.4 is 10.1 Å². The number of nitrogens with zero attached hydrogens (tertiary/aromatic N) is 6. The molecule has 2 aromatic heterocycles. The van der Waals surface area contributed by atoms with Gasteiger partial charge in [0.25, 0.3) is 0 Å². The normalized spacial score (nSPS) is 10.6. The number of nitro benzene ring substituents is 1. The average molecular weight is 419 g/mol. The third-order valence-electron chi connectivity index (χ3n) is 4.57. The summed E-state index contributed by atoms with van der Waals surface area (Å²) in [6.07, 6.45) is 1.31. The smallest absolute Gasteiger partial charge is 0.307 e. The molecule has 10 nitrogen and oxygen atoms in total. The highest BCUT2D eigenvalue weighted by atomic mass is 19.1. The second-order valence-corrected chi connectivity index (χ2v) is 6.44. The van der Waals surface area contributed by atoms with Crippen molar-refractivity contribution in [3.63, 3.8) is 0 Å². The molecule has 0 bridgehead atoms. The van der Waals surface area contributed by atoms with E-state index in [9.17, 15) is 19.8 Å². The van der Waals surface area contributed by atoms with Gasteiger partial charge in [0.2, 0.25) is 11.8 Å². The number of hydrogen-bond donors (Lipinski definition) is 1. The van der Waals surface area contributed by atoms with E-state index in [1.807, 2.05) is 37.3 Å². The first-order valence-corrected chi connectivity index (χ1v) is 8.93. The quantitative estimate of drug-likeness (QED) is 0.382. The minimum Gasteiger partial charge on any atom is -0.494 e. The van der Waals surface area contributed by atoms with Crippen LogP contribution in [0.2, 0.25) is 0 Å². The standard InChI is InChI=1S/C20H14FN7O3/c1-11-13-5-3-4-6-16(13)27(26-11)19-12(9-22)10-23-20(25-19)24-15-8-17(28(29)30)14(21)7-18(15)31-2/h3-8,10H,1-2H3,(H,23,24,25). The number of anilines is 2. The highest BCUT2D eigenvalue weighted by Gasteiger charge is 2.21. The molecule has 154 valence electrons. The Bertz CT molecular complexity index is 1380. The van der Waals surface area contributed by atoms with Crippen molar-refractivity contribution in [1.29, 1.82) is 5.26 Å². The molecule has 0 radical (unpaired) electrons. The third-order valence-corrected chi connectivity index (χ3v) is 4.57. The highest BCUT2D eigenvalue weighted by molar-refractivity contribution is 5.83. The number of aromatic nitrogens is 4. The fraction of sp³-hybridized carbons (Fsp3) is 0.100. The number of ether oxygens (including phenoxy) is 1. The fourth-order valence-electron chi connectivity index (χ4n) is 3.13. The zero-order chi connectivity index (χ0) is 22.1. The molecular weight excluding hydrogens is 405 g/mol. The van der Waals surface area contributed by atoms with E-state index in [1.54, 1.807) is 0 Å². The molecule has 11 heteroatoms. The molecule has 4 aromatic rings. The Hall–Kier alpha value is -4.59. The third kappa shape index (κ3) is 3.46. The van der Waals surface area contributed by atoms with Gasteiger partial charge in [-0.1, -0.05) is 18.2 Å². The van der Waals surface area contributed by atoms with Crippen molar-refractivity contribution >= 4 is 28.2 Å². The molecule has 2 heterocycles. The van der Waals surface area contributed by atoms with E-state index in [1.165, 1.54) is 18.0 Å². The Kier molecular flexibility index (Phi) is 4.88. The van der Waals surface area contributed by atoms with Crippen LogP contribution in [-0.4, -0.2) is 31.8 Å². The number of aryl methyl sites for hydroxylation is 1. The van der Waals surface area contributed by atoms with Crippen LogP contribution >= 0.6 is 0 Å². The summed E-state index contributed by atoms with van der Waals surface area (Å²) in [6, 6.07) is 11.4. The molecule has 0 saturated heterocycles. The van der Waals surface area contributed by atoms with Crippen LogP contribution in [0.3, 0.4) is 0 Å². The van der Waals surface area contributed by atoms with E-state index in [2.05, 4.69) is 20.4 Å². The molecule has 0 atom stereocenters. The average Bonchev–Trinajstić information content (AvgIpc) is 3.11. The van der Waals surface area contributed by atoms with Crippen molar-refractivity contribution in [1.82, 2.24) is 19.7 Å². The second-order valence-electron chi connectivity index (χ2n) is 6.44. The Labute approximate surface area is 174 Å². The largest absolute Gasteiger partial charge is 0.494 e. The highest BCUT2D eigenvalue weighted by Crippen LogP contribution is 2.33. The summed E-state index contributed by atoms with van der Waals surface area (Å²) in [5.41, 5.74) is 1.04. The Morgan fingerprint density at radius 1 is 1.32 bits per heavy atom. The minimum atomic E-state index is -1.03. The SMILES string of the molecule is COc1cc(F)c([N+](=O)[O-])cc1Nc1ncc(C#N)c(-n2nc(C)c3ccccc32)n1. The van der Waals surface area contributed by atoms with E-state index in [0.29, 0.717) is 0 Å². The zero-order valence-corrected chi connectivity index (χ0v) is 16.3. The number of para-hydroxylation sites is 1. The van der Waals surface area contributed by atoms with Gasteiger partial charge in [-0.25, -0.2) is 9.67 Å². The van der Waals surface area contributed by atoms with E-state index in [4.69, 9.17) is 4.74 Å². The molecule has 0 aliphatic rings. The molecule has 0 aliphatic carbocycles. The lowest BCUT2D eigenvalue weighted by Gasteiger charge is -2.12. The predicted octanol–water partition coefficient (Wildman–Crippen LogP) is 3.80. The van der Waals surface area contributed by atoms with Gasteiger partial charge < -0.3 is 10.1 Å². The molecule has 0 spiro atoms. The summed E-state index contributed by atoms with van der Waals surface area (Å²) in [5, 5.41) is 28.8. The van der Waals surface area contributed by atoms with E-state index in [0.717, 1.165) is 28.7 Å². The van der Waals surface area contributed by atoms with E-state index in [-0.39, 0.29) is 28.8 Å². The zero-order valence-electron chi connectivity index (χ0n) is 16.3. The van der Waals surface area contributed by atoms with Crippen molar-refractivity contribution < 1.29 is 14.1 Å². The van der Waals surface area contributed by atoms with Crippen molar-refractivity contribution in [3.05, 3.63) is 69.8 Å². The first kappa shape index (κ1) is 19.7. The first-order valence-electron chi connectivity index (χ1n) is 8.93.